The third-order valence-electron chi connectivity index (χ3n) is 3.63. The average Bonchev–Trinajstić information content (AvgIpc) is 3.17. The summed E-state index contributed by atoms with van der Waals surface area (Å²) in [6.07, 6.45) is 2.24. The van der Waals surface area contributed by atoms with Crippen LogP contribution in [0, 0.1) is 5.82 Å². The van der Waals surface area contributed by atoms with Gasteiger partial charge in [0.25, 0.3) is 5.91 Å². The van der Waals surface area contributed by atoms with E-state index in [9.17, 15) is 9.18 Å². The zero-order valence-electron chi connectivity index (χ0n) is 11.5. The Morgan fingerprint density at radius 3 is 2.90 bits per heavy atom. The van der Waals surface area contributed by atoms with Crippen molar-refractivity contribution in [1.82, 2.24) is 20.8 Å². The van der Waals surface area contributed by atoms with E-state index in [0.29, 0.717) is 24.0 Å². The highest BCUT2D eigenvalue weighted by Crippen LogP contribution is 2.18. The summed E-state index contributed by atoms with van der Waals surface area (Å²) in [5.41, 5.74) is 1.80. The Morgan fingerprint density at radius 1 is 1.38 bits per heavy atom. The number of nitrogens with one attached hydrogen (secondary N) is 3. The smallest absolute Gasteiger partial charge is 0.269 e. The maximum atomic E-state index is 12.9. The highest BCUT2D eigenvalue weighted by atomic mass is 19.1. The fourth-order valence-corrected chi connectivity index (χ4v) is 2.45. The molecule has 2 heterocycles. The van der Waals surface area contributed by atoms with Crippen molar-refractivity contribution < 1.29 is 9.18 Å². The number of carbonyl (C=O) groups is 1. The Hall–Kier alpha value is -2.21. The van der Waals surface area contributed by atoms with Crippen LogP contribution in [0.5, 0.6) is 0 Å². The Labute approximate surface area is 121 Å². The van der Waals surface area contributed by atoms with Crippen LogP contribution in [0.3, 0.4) is 0 Å². The van der Waals surface area contributed by atoms with Crippen LogP contribution in [0.25, 0.3) is 11.3 Å². The summed E-state index contributed by atoms with van der Waals surface area (Å²) in [6, 6.07) is 8.04. The lowest BCUT2D eigenvalue weighted by molar-refractivity contribution is 0.0945. The molecule has 0 spiro atoms. The minimum atomic E-state index is -0.295. The number of aromatic amines is 1. The van der Waals surface area contributed by atoms with Gasteiger partial charge in [-0.3, -0.25) is 9.89 Å². The fourth-order valence-electron chi connectivity index (χ4n) is 2.45. The summed E-state index contributed by atoms with van der Waals surface area (Å²) in [5, 5.41) is 13.0. The van der Waals surface area contributed by atoms with E-state index in [4.69, 9.17) is 0 Å². The van der Waals surface area contributed by atoms with Gasteiger partial charge in [-0.1, -0.05) is 0 Å². The van der Waals surface area contributed by atoms with Crippen molar-refractivity contribution in [3.8, 4) is 11.3 Å². The summed E-state index contributed by atoms with van der Waals surface area (Å²) in [7, 11) is 0. The van der Waals surface area contributed by atoms with Crippen molar-refractivity contribution in [3.63, 3.8) is 0 Å². The molecule has 1 atom stereocenters. The number of hydrogen-bond donors (Lipinski definition) is 3. The first-order valence-corrected chi connectivity index (χ1v) is 7.05. The van der Waals surface area contributed by atoms with Gasteiger partial charge in [-0.2, -0.15) is 5.10 Å². The molecule has 1 unspecified atom stereocenters. The number of halogens is 1. The fraction of sp³-hybridized carbons (Fsp3) is 0.333. The van der Waals surface area contributed by atoms with Gasteiger partial charge in [0.2, 0.25) is 0 Å². The number of benzene rings is 1. The molecule has 5 nitrogen and oxygen atoms in total. The predicted octanol–water partition coefficient (Wildman–Crippen LogP) is 1.70. The van der Waals surface area contributed by atoms with Crippen LogP contribution in [-0.4, -0.2) is 35.2 Å². The standard InChI is InChI=1S/C15H17FN4O/c16-11-5-3-10(4-6-11)13-8-14(20-19-13)15(21)18-9-12-2-1-7-17-12/h3-6,8,12,17H,1-2,7,9H2,(H,18,21)(H,19,20). The lowest BCUT2D eigenvalue weighted by Gasteiger charge is -2.10. The summed E-state index contributed by atoms with van der Waals surface area (Å²) < 4.78 is 12.9. The molecule has 110 valence electrons. The van der Waals surface area contributed by atoms with Gasteiger partial charge in [-0.25, -0.2) is 4.39 Å². The molecule has 1 saturated heterocycles. The van der Waals surface area contributed by atoms with Gasteiger partial charge >= 0.3 is 0 Å². The molecule has 0 aliphatic carbocycles. The first-order chi connectivity index (χ1) is 10.2. The summed E-state index contributed by atoms with van der Waals surface area (Å²) in [6.45, 7) is 1.63. The summed E-state index contributed by atoms with van der Waals surface area (Å²) >= 11 is 0. The van der Waals surface area contributed by atoms with Crippen molar-refractivity contribution in [3.05, 3.63) is 41.8 Å². The largest absolute Gasteiger partial charge is 0.349 e. The highest BCUT2D eigenvalue weighted by molar-refractivity contribution is 5.93. The van der Waals surface area contributed by atoms with Gasteiger partial charge in [-0.05, 0) is 49.7 Å². The minimum Gasteiger partial charge on any atom is -0.349 e. The highest BCUT2D eigenvalue weighted by Gasteiger charge is 2.16. The molecule has 2 aromatic rings. The Balaban J connectivity index is 1.63. The SMILES string of the molecule is O=C(NCC1CCCN1)c1cc(-c2ccc(F)cc2)n[nH]1. The monoisotopic (exact) mass is 288 g/mol. The van der Waals surface area contributed by atoms with Crippen molar-refractivity contribution >= 4 is 5.91 Å². The number of nitrogens with zero attached hydrogens (tertiary/aromatic N) is 1. The lowest BCUT2D eigenvalue weighted by Crippen LogP contribution is -2.37. The normalized spacial score (nSPS) is 17.9. The predicted molar refractivity (Wildman–Crippen MR) is 77.3 cm³/mol. The molecule has 3 rings (SSSR count). The summed E-state index contributed by atoms with van der Waals surface area (Å²) in [5.74, 6) is -0.471. The van der Waals surface area contributed by atoms with Crippen LogP contribution in [0.1, 0.15) is 23.3 Å². The van der Waals surface area contributed by atoms with Gasteiger partial charge in [0.15, 0.2) is 0 Å². The van der Waals surface area contributed by atoms with Gasteiger partial charge < -0.3 is 10.6 Å². The van der Waals surface area contributed by atoms with E-state index in [1.54, 1.807) is 18.2 Å². The maximum Gasteiger partial charge on any atom is 0.269 e. The van der Waals surface area contributed by atoms with Crippen molar-refractivity contribution in [2.24, 2.45) is 0 Å². The number of hydrogen-bond acceptors (Lipinski definition) is 3. The molecule has 1 amide bonds. The first-order valence-electron chi connectivity index (χ1n) is 7.05. The zero-order chi connectivity index (χ0) is 14.7. The maximum absolute atomic E-state index is 12.9. The van der Waals surface area contributed by atoms with Crippen LogP contribution in [0.4, 0.5) is 4.39 Å². The average molecular weight is 288 g/mol. The van der Waals surface area contributed by atoms with E-state index in [1.807, 2.05) is 0 Å². The topological polar surface area (TPSA) is 69.8 Å². The number of amides is 1. The van der Waals surface area contributed by atoms with E-state index < -0.39 is 0 Å². The molecule has 21 heavy (non-hydrogen) atoms. The minimum absolute atomic E-state index is 0.176. The molecule has 1 fully saturated rings. The Bertz CT molecular complexity index is 617. The second-order valence-electron chi connectivity index (χ2n) is 5.18. The van der Waals surface area contributed by atoms with E-state index in [-0.39, 0.29) is 11.7 Å². The number of carbonyl (C=O) groups excluding carboxylic acids is 1. The Morgan fingerprint density at radius 2 is 2.19 bits per heavy atom. The number of H-pyrrole nitrogens is 1. The zero-order valence-corrected chi connectivity index (χ0v) is 11.5. The second kappa shape index (κ2) is 6.05. The van der Waals surface area contributed by atoms with Crippen LogP contribution in [0.15, 0.2) is 30.3 Å². The van der Waals surface area contributed by atoms with E-state index >= 15 is 0 Å². The lowest BCUT2D eigenvalue weighted by atomic mass is 10.1. The molecule has 0 radical (unpaired) electrons. The van der Waals surface area contributed by atoms with Gasteiger partial charge in [0, 0.05) is 18.2 Å². The van der Waals surface area contributed by atoms with Crippen LogP contribution >= 0.6 is 0 Å². The van der Waals surface area contributed by atoms with Crippen LogP contribution < -0.4 is 10.6 Å². The quantitative estimate of drug-likeness (QED) is 0.802. The van der Waals surface area contributed by atoms with E-state index in [2.05, 4.69) is 20.8 Å². The third kappa shape index (κ3) is 3.28. The van der Waals surface area contributed by atoms with E-state index in [1.165, 1.54) is 12.1 Å². The molecule has 1 aliphatic heterocycles. The molecule has 0 bridgehead atoms. The van der Waals surface area contributed by atoms with Crippen molar-refractivity contribution in [1.29, 1.82) is 0 Å². The molecule has 6 heteroatoms. The van der Waals surface area contributed by atoms with Crippen LogP contribution in [-0.2, 0) is 0 Å². The Kier molecular flexibility index (Phi) is 3.96. The molecule has 0 saturated carbocycles. The molecule has 3 N–H and O–H groups in total. The molecule has 1 aliphatic rings. The van der Waals surface area contributed by atoms with Crippen molar-refractivity contribution in [2.45, 2.75) is 18.9 Å². The third-order valence-corrected chi connectivity index (χ3v) is 3.63. The first kappa shape index (κ1) is 13.8. The summed E-state index contributed by atoms with van der Waals surface area (Å²) in [4.78, 5) is 12.0. The second-order valence-corrected chi connectivity index (χ2v) is 5.18. The molecule has 1 aromatic carbocycles. The van der Waals surface area contributed by atoms with Gasteiger partial charge in [-0.15, -0.1) is 0 Å². The number of aromatic nitrogens is 2. The van der Waals surface area contributed by atoms with E-state index in [0.717, 1.165) is 24.9 Å². The molecular weight excluding hydrogens is 271 g/mol. The van der Waals surface area contributed by atoms with Crippen LogP contribution in [0.2, 0.25) is 0 Å². The molecule has 1 aromatic heterocycles. The van der Waals surface area contributed by atoms with Crippen molar-refractivity contribution in [2.75, 3.05) is 13.1 Å². The number of rotatable bonds is 4. The molecular formula is C15H17FN4O. The van der Waals surface area contributed by atoms with Gasteiger partial charge in [0.05, 0.1) is 5.69 Å². The van der Waals surface area contributed by atoms with Gasteiger partial charge in [0.1, 0.15) is 11.5 Å².